The van der Waals surface area contributed by atoms with Crippen LogP contribution in [0.5, 0.6) is 0 Å². The zero-order valence-electron chi connectivity index (χ0n) is 7.52. The van der Waals surface area contributed by atoms with Crippen LogP contribution in [0, 0.1) is 0 Å². The maximum Gasteiger partial charge on any atom is 0.155 e. The van der Waals surface area contributed by atoms with E-state index in [4.69, 9.17) is 9.47 Å². The molecule has 0 spiro atoms. The summed E-state index contributed by atoms with van der Waals surface area (Å²) in [4.78, 5) is 0. The third-order valence-electron chi connectivity index (χ3n) is 1.98. The molecule has 1 aliphatic rings. The molecular formula is C8H17NO2. The first-order chi connectivity index (χ1) is 5.16. The highest BCUT2D eigenvalue weighted by Gasteiger charge is 2.33. The number of hydrogen-bond acceptors (Lipinski definition) is 3. The molecule has 0 aromatic heterocycles. The molecule has 1 rings (SSSR count). The molecule has 3 nitrogen and oxygen atoms in total. The first-order valence-corrected chi connectivity index (χ1v) is 4.10. The zero-order valence-corrected chi connectivity index (χ0v) is 7.52. The Labute approximate surface area is 68.1 Å². The largest absolute Gasteiger partial charge is 0.350 e. The summed E-state index contributed by atoms with van der Waals surface area (Å²) in [7, 11) is 1.95. The molecule has 0 radical (unpaired) electrons. The fraction of sp³-hybridized carbons (Fsp3) is 1.00. The summed E-state index contributed by atoms with van der Waals surface area (Å²) in [6, 6.07) is 0. The van der Waals surface area contributed by atoms with Crippen LogP contribution in [-0.2, 0) is 9.47 Å². The molecule has 11 heavy (non-hydrogen) atoms. The van der Waals surface area contributed by atoms with Crippen molar-refractivity contribution >= 4 is 0 Å². The van der Waals surface area contributed by atoms with Crippen molar-refractivity contribution in [3.8, 4) is 0 Å². The van der Waals surface area contributed by atoms with Gasteiger partial charge in [-0.05, 0) is 33.9 Å². The van der Waals surface area contributed by atoms with Crippen LogP contribution in [0.3, 0.4) is 0 Å². The van der Waals surface area contributed by atoms with Gasteiger partial charge >= 0.3 is 0 Å². The van der Waals surface area contributed by atoms with Gasteiger partial charge in [-0.2, -0.15) is 0 Å². The first-order valence-electron chi connectivity index (χ1n) is 4.10. The van der Waals surface area contributed by atoms with Crippen LogP contribution < -0.4 is 5.32 Å². The lowest BCUT2D eigenvalue weighted by molar-refractivity contribution is -0.0723. The number of nitrogens with one attached hydrogen (secondary N) is 1. The minimum atomic E-state index is -0.0670. The van der Waals surface area contributed by atoms with Crippen LogP contribution in [0.15, 0.2) is 0 Å². The van der Waals surface area contributed by atoms with E-state index >= 15 is 0 Å². The Hall–Kier alpha value is -0.120. The summed E-state index contributed by atoms with van der Waals surface area (Å²) in [6.07, 6.45) is 0.977. The highest BCUT2D eigenvalue weighted by Crippen LogP contribution is 2.25. The van der Waals surface area contributed by atoms with E-state index in [2.05, 4.69) is 12.2 Å². The van der Waals surface area contributed by atoms with Crippen LogP contribution in [0.1, 0.15) is 20.3 Å². The monoisotopic (exact) mass is 159 g/mol. The van der Waals surface area contributed by atoms with Crippen molar-refractivity contribution in [1.29, 1.82) is 0 Å². The molecule has 1 aliphatic heterocycles. The van der Waals surface area contributed by atoms with Crippen LogP contribution >= 0.6 is 0 Å². The third kappa shape index (κ3) is 2.43. The van der Waals surface area contributed by atoms with Gasteiger partial charge in [0.05, 0.1) is 12.2 Å². The molecule has 3 heteroatoms. The van der Waals surface area contributed by atoms with Gasteiger partial charge in [0.2, 0.25) is 0 Å². The Morgan fingerprint density at radius 3 is 2.82 bits per heavy atom. The summed E-state index contributed by atoms with van der Waals surface area (Å²) < 4.78 is 10.9. The maximum absolute atomic E-state index is 5.59. The smallest absolute Gasteiger partial charge is 0.155 e. The van der Waals surface area contributed by atoms with Gasteiger partial charge in [-0.25, -0.2) is 0 Å². The van der Waals surface area contributed by atoms with Gasteiger partial charge < -0.3 is 14.8 Å². The molecule has 2 unspecified atom stereocenters. The van der Waals surface area contributed by atoms with Gasteiger partial charge in [-0.15, -0.1) is 0 Å². The maximum atomic E-state index is 5.59. The van der Waals surface area contributed by atoms with Crippen molar-refractivity contribution in [3.05, 3.63) is 0 Å². The van der Waals surface area contributed by atoms with Gasteiger partial charge in [-0.1, -0.05) is 0 Å². The van der Waals surface area contributed by atoms with E-state index in [-0.39, 0.29) is 11.9 Å². The van der Waals surface area contributed by atoms with Crippen molar-refractivity contribution in [2.24, 2.45) is 0 Å². The third-order valence-corrected chi connectivity index (χ3v) is 1.98. The predicted molar refractivity (Wildman–Crippen MR) is 43.4 cm³/mol. The van der Waals surface area contributed by atoms with Gasteiger partial charge in [0.1, 0.15) is 0 Å². The number of hydrogen-bond donors (Lipinski definition) is 1. The SMILES string of the molecule is CNCCC1(C)COC(C)O1. The van der Waals surface area contributed by atoms with Gasteiger partial charge in [0.15, 0.2) is 6.29 Å². The van der Waals surface area contributed by atoms with E-state index in [1.807, 2.05) is 14.0 Å². The Morgan fingerprint density at radius 1 is 1.64 bits per heavy atom. The van der Waals surface area contributed by atoms with E-state index < -0.39 is 0 Å². The molecule has 1 saturated heterocycles. The number of ether oxygens (including phenoxy) is 2. The van der Waals surface area contributed by atoms with Crippen LogP contribution in [-0.4, -0.2) is 32.1 Å². The van der Waals surface area contributed by atoms with E-state index in [1.165, 1.54) is 0 Å². The minimum absolute atomic E-state index is 0.0307. The second kappa shape index (κ2) is 3.52. The summed E-state index contributed by atoms with van der Waals surface area (Å²) in [5.41, 5.74) is -0.0670. The van der Waals surface area contributed by atoms with Crippen molar-refractivity contribution in [2.75, 3.05) is 20.2 Å². The normalized spacial score (nSPS) is 37.9. The molecule has 0 saturated carbocycles. The van der Waals surface area contributed by atoms with E-state index in [1.54, 1.807) is 0 Å². The summed E-state index contributed by atoms with van der Waals surface area (Å²) in [5, 5.41) is 3.10. The second-order valence-corrected chi connectivity index (χ2v) is 3.30. The summed E-state index contributed by atoms with van der Waals surface area (Å²) in [6.45, 7) is 5.72. The Morgan fingerprint density at radius 2 is 2.36 bits per heavy atom. The molecule has 0 aliphatic carbocycles. The van der Waals surface area contributed by atoms with Crippen LogP contribution in [0.4, 0.5) is 0 Å². The van der Waals surface area contributed by atoms with E-state index in [0.29, 0.717) is 0 Å². The number of rotatable bonds is 3. The van der Waals surface area contributed by atoms with Crippen molar-refractivity contribution in [1.82, 2.24) is 5.32 Å². The summed E-state index contributed by atoms with van der Waals surface area (Å²) >= 11 is 0. The van der Waals surface area contributed by atoms with E-state index in [0.717, 1.165) is 19.6 Å². The molecule has 0 aromatic carbocycles. The van der Waals surface area contributed by atoms with Crippen molar-refractivity contribution < 1.29 is 9.47 Å². The average molecular weight is 159 g/mol. The van der Waals surface area contributed by atoms with Crippen LogP contribution in [0.25, 0.3) is 0 Å². The highest BCUT2D eigenvalue weighted by atomic mass is 16.7. The molecule has 0 aromatic rings. The van der Waals surface area contributed by atoms with Gasteiger partial charge in [0.25, 0.3) is 0 Å². The van der Waals surface area contributed by atoms with Gasteiger partial charge in [0, 0.05) is 0 Å². The standard InChI is InChI=1S/C8H17NO2/c1-7-10-6-8(2,11-7)4-5-9-3/h7,9H,4-6H2,1-3H3. The zero-order chi connectivity index (χ0) is 8.32. The average Bonchev–Trinajstić information content (AvgIpc) is 2.28. The van der Waals surface area contributed by atoms with Gasteiger partial charge in [-0.3, -0.25) is 0 Å². The molecule has 0 amide bonds. The molecule has 1 N–H and O–H groups in total. The molecule has 1 heterocycles. The fourth-order valence-corrected chi connectivity index (χ4v) is 1.28. The molecule has 0 bridgehead atoms. The Balaban J connectivity index is 2.29. The molecule has 66 valence electrons. The highest BCUT2D eigenvalue weighted by molar-refractivity contribution is 4.79. The van der Waals surface area contributed by atoms with Crippen molar-refractivity contribution in [2.45, 2.75) is 32.2 Å². The lowest BCUT2D eigenvalue weighted by Gasteiger charge is -2.21. The lowest BCUT2D eigenvalue weighted by Crippen LogP contribution is -2.31. The Bertz CT molecular complexity index is 129. The first kappa shape index (κ1) is 8.97. The topological polar surface area (TPSA) is 30.5 Å². The van der Waals surface area contributed by atoms with Crippen LogP contribution in [0.2, 0.25) is 0 Å². The second-order valence-electron chi connectivity index (χ2n) is 3.30. The lowest BCUT2D eigenvalue weighted by atomic mass is 10.0. The Kier molecular flexibility index (Phi) is 2.87. The quantitative estimate of drug-likeness (QED) is 0.659. The predicted octanol–water partition coefficient (Wildman–Crippen LogP) is 0.747. The molecular weight excluding hydrogens is 142 g/mol. The minimum Gasteiger partial charge on any atom is -0.350 e. The fourth-order valence-electron chi connectivity index (χ4n) is 1.28. The molecule has 2 atom stereocenters. The van der Waals surface area contributed by atoms with E-state index in [9.17, 15) is 0 Å². The molecule has 1 fully saturated rings. The van der Waals surface area contributed by atoms with Crippen molar-refractivity contribution in [3.63, 3.8) is 0 Å². The summed E-state index contributed by atoms with van der Waals surface area (Å²) in [5.74, 6) is 0.